The van der Waals surface area contributed by atoms with E-state index >= 15 is 0 Å². The first kappa shape index (κ1) is 11.1. The van der Waals surface area contributed by atoms with E-state index in [2.05, 4.69) is 0 Å². The number of fused-ring (bicyclic) bond motifs is 1. The van der Waals surface area contributed by atoms with Crippen LogP contribution in [-0.4, -0.2) is 19.0 Å². The van der Waals surface area contributed by atoms with Crippen molar-refractivity contribution < 1.29 is 9.53 Å². The van der Waals surface area contributed by atoms with Crippen molar-refractivity contribution in [3.8, 4) is 6.07 Å². The second kappa shape index (κ2) is 3.29. The Morgan fingerprint density at radius 1 is 1.44 bits per heavy atom. The van der Waals surface area contributed by atoms with Crippen LogP contribution >= 0.6 is 0 Å². The van der Waals surface area contributed by atoms with Crippen LogP contribution in [0.5, 0.6) is 0 Å². The molecule has 16 heavy (non-hydrogen) atoms. The molecule has 0 aromatic rings. The van der Waals surface area contributed by atoms with Gasteiger partial charge in [-0.05, 0) is 19.4 Å². The van der Waals surface area contributed by atoms with Gasteiger partial charge in [-0.15, -0.1) is 0 Å². The molecule has 0 radical (unpaired) electrons. The summed E-state index contributed by atoms with van der Waals surface area (Å²) in [5.74, 6) is -0.0828. The number of nitriles is 1. The van der Waals surface area contributed by atoms with Crippen molar-refractivity contribution in [1.82, 2.24) is 0 Å². The zero-order valence-electron chi connectivity index (χ0n) is 9.83. The van der Waals surface area contributed by atoms with Gasteiger partial charge in [-0.1, -0.05) is 19.1 Å². The molecule has 2 rings (SSSR count). The summed E-state index contributed by atoms with van der Waals surface area (Å²) in [7, 11) is 0. The Kier molecular flexibility index (Phi) is 2.28. The van der Waals surface area contributed by atoms with Gasteiger partial charge in [-0.2, -0.15) is 5.26 Å². The fourth-order valence-electron chi connectivity index (χ4n) is 2.74. The molecule has 0 spiro atoms. The Labute approximate surface area is 95.4 Å². The maximum absolute atomic E-state index is 12.1. The first-order valence-electron chi connectivity index (χ1n) is 5.38. The van der Waals surface area contributed by atoms with Gasteiger partial charge < -0.3 is 4.74 Å². The van der Waals surface area contributed by atoms with E-state index in [0.717, 1.165) is 5.57 Å². The van der Waals surface area contributed by atoms with Gasteiger partial charge in [-0.25, -0.2) is 0 Å². The predicted molar refractivity (Wildman–Crippen MR) is 59.5 cm³/mol. The Bertz CT molecular complexity index is 451. The van der Waals surface area contributed by atoms with Crippen molar-refractivity contribution in [1.29, 1.82) is 5.26 Å². The molecule has 3 heteroatoms. The van der Waals surface area contributed by atoms with Crippen molar-refractivity contribution in [2.45, 2.75) is 20.8 Å². The number of rotatable bonds is 0. The zero-order chi connectivity index (χ0) is 12.0. The minimum absolute atomic E-state index is 0.0828. The monoisotopic (exact) mass is 217 g/mol. The molecule has 1 aliphatic heterocycles. The Morgan fingerprint density at radius 2 is 2.12 bits per heavy atom. The normalized spacial score (nSPS) is 32.2. The lowest BCUT2D eigenvalue weighted by Gasteiger charge is -2.44. The largest absolute Gasteiger partial charge is 0.376 e. The first-order valence-corrected chi connectivity index (χ1v) is 5.38. The SMILES string of the molecule is CC1(C)C(=O)C(C#N)=C[C@]2(C)COCC=C12. The van der Waals surface area contributed by atoms with Gasteiger partial charge in [0.05, 0.1) is 24.2 Å². The number of hydrogen-bond donors (Lipinski definition) is 0. The number of hydrogen-bond acceptors (Lipinski definition) is 3. The summed E-state index contributed by atoms with van der Waals surface area (Å²) in [6, 6.07) is 2.00. The van der Waals surface area contributed by atoms with Gasteiger partial charge in [0.1, 0.15) is 6.07 Å². The minimum Gasteiger partial charge on any atom is -0.376 e. The summed E-state index contributed by atoms with van der Waals surface area (Å²) < 4.78 is 5.42. The quantitative estimate of drug-likeness (QED) is 0.583. The molecule has 0 N–H and O–H groups in total. The molecule has 0 aromatic heterocycles. The smallest absolute Gasteiger partial charge is 0.182 e. The topological polar surface area (TPSA) is 50.1 Å². The molecule has 3 nitrogen and oxygen atoms in total. The highest BCUT2D eigenvalue weighted by Crippen LogP contribution is 2.48. The van der Waals surface area contributed by atoms with E-state index in [1.54, 1.807) is 6.08 Å². The van der Waals surface area contributed by atoms with Crippen LogP contribution in [0.1, 0.15) is 20.8 Å². The van der Waals surface area contributed by atoms with Crippen molar-refractivity contribution >= 4 is 5.78 Å². The lowest BCUT2D eigenvalue weighted by atomic mass is 9.61. The van der Waals surface area contributed by atoms with E-state index in [-0.39, 0.29) is 16.8 Å². The van der Waals surface area contributed by atoms with Gasteiger partial charge >= 0.3 is 0 Å². The van der Waals surface area contributed by atoms with Gasteiger partial charge in [-0.3, -0.25) is 4.79 Å². The molecule has 0 fully saturated rings. The average Bonchev–Trinajstić information content (AvgIpc) is 2.24. The number of ether oxygens (including phenoxy) is 1. The van der Waals surface area contributed by atoms with Crippen LogP contribution in [0.2, 0.25) is 0 Å². The van der Waals surface area contributed by atoms with Crippen molar-refractivity contribution in [2.24, 2.45) is 10.8 Å². The molecular weight excluding hydrogens is 202 g/mol. The van der Waals surface area contributed by atoms with Crippen molar-refractivity contribution in [3.63, 3.8) is 0 Å². The Balaban J connectivity index is 2.64. The Hall–Kier alpha value is -1.40. The van der Waals surface area contributed by atoms with Crippen LogP contribution in [-0.2, 0) is 9.53 Å². The highest BCUT2D eigenvalue weighted by molar-refractivity contribution is 6.06. The number of ketones is 1. The molecule has 1 aliphatic carbocycles. The van der Waals surface area contributed by atoms with Gasteiger partial charge in [0, 0.05) is 5.41 Å². The summed E-state index contributed by atoms with van der Waals surface area (Å²) in [6.07, 6.45) is 3.73. The molecular formula is C13H15NO2. The average molecular weight is 217 g/mol. The summed E-state index contributed by atoms with van der Waals surface area (Å²) in [5.41, 5.74) is 0.449. The van der Waals surface area contributed by atoms with E-state index in [1.165, 1.54) is 0 Å². The van der Waals surface area contributed by atoms with Crippen LogP contribution in [0.4, 0.5) is 0 Å². The molecule has 1 heterocycles. The van der Waals surface area contributed by atoms with Crippen LogP contribution in [0.25, 0.3) is 0 Å². The highest BCUT2D eigenvalue weighted by Gasteiger charge is 2.47. The summed E-state index contributed by atoms with van der Waals surface area (Å²) in [6.45, 7) is 6.88. The Morgan fingerprint density at radius 3 is 2.75 bits per heavy atom. The first-order chi connectivity index (χ1) is 7.42. The molecule has 0 aromatic carbocycles. The van der Waals surface area contributed by atoms with E-state index < -0.39 is 5.41 Å². The third-order valence-corrected chi connectivity index (χ3v) is 3.49. The fourth-order valence-corrected chi connectivity index (χ4v) is 2.74. The van der Waals surface area contributed by atoms with Crippen LogP contribution in [0.15, 0.2) is 23.3 Å². The standard InChI is InChI=1S/C13H15NO2/c1-12(2)10-4-5-16-8-13(10,3)6-9(7-14)11(12)15/h4,6H,5,8H2,1-3H3/t13-/m1/s1. The number of nitrogens with zero attached hydrogens (tertiary/aromatic N) is 1. The van der Waals surface area contributed by atoms with Crippen molar-refractivity contribution in [2.75, 3.05) is 13.2 Å². The van der Waals surface area contributed by atoms with E-state index in [0.29, 0.717) is 13.2 Å². The summed E-state index contributed by atoms with van der Waals surface area (Å²) in [5, 5.41) is 9.00. The van der Waals surface area contributed by atoms with Crippen LogP contribution in [0, 0.1) is 22.2 Å². The van der Waals surface area contributed by atoms with Crippen LogP contribution < -0.4 is 0 Å². The highest BCUT2D eigenvalue weighted by atomic mass is 16.5. The lowest BCUT2D eigenvalue weighted by molar-refractivity contribution is -0.122. The second-order valence-corrected chi connectivity index (χ2v) is 5.17. The molecule has 1 atom stereocenters. The maximum atomic E-state index is 12.1. The van der Waals surface area contributed by atoms with Gasteiger partial charge in [0.2, 0.25) is 0 Å². The predicted octanol–water partition coefficient (Wildman–Crippen LogP) is 2.01. The van der Waals surface area contributed by atoms with Gasteiger partial charge in [0.15, 0.2) is 5.78 Å². The zero-order valence-corrected chi connectivity index (χ0v) is 9.83. The minimum atomic E-state index is -0.585. The third-order valence-electron chi connectivity index (χ3n) is 3.49. The van der Waals surface area contributed by atoms with Crippen LogP contribution in [0.3, 0.4) is 0 Å². The maximum Gasteiger partial charge on any atom is 0.182 e. The lowest BCUT2D eigenvalue weighted by Crippen LogP contribution is -2.44. The van der Waals surface area contributed by atoms with Gasteiger partial charge in [0.25, 0.3) is 0 Å². The number of Topliss-reactive ketones (excluding diaryl/α,β-unsaturated/α-hetero) is 1. The number of carbonyl (C=O) groups excluding carboxylic acids is 1. The molecule has 0 amide bonds. The number of carbonyl (C=O) groups is 1. The third kappa shape index (κ3) is 1.34. The number of allylic oxidation sites excluding steroid dienone is 1. The fraction of sp³-hybridized carbons (Fsp3) is 0.538. The second-order valence-electron chi connectivity index (χ2n) is 5.17. The molecule has 84 valence electrons. The van der Waals surface area contributed by atoms with Crippen molar-refractivity contribution in [3.05, 3.63) is 23.3 Å². The molecule has 2 aliphatic rings. The molecule has 0 saturated heterocycles. The van der Waals surface area contributed by atoms with E-state index in [4.69, 9.17) is 10.00 Å². The molecule has 0 saturated carbocycles. The molecule has 0 unspecified atom stereocenters. The van der Waals surface area contributed by atoms with E-state index in [9.17, 15) is 4.79 Å². The molecule has 0 bridgehead atoms. The summed E-state index contributed by atoms with van der Waals surface area (Å²) >= 11 is 0. The summed E-state index contributed by atoms with van der Waals surface area (Å²) in [4.78, 5) is 12.1. The van der Waals surface area contributed by atoms with E-state index in [1.807, 2.05) is 32.9 Å².